The third-order valence-electron chi connectivity index (χ3n) is 1.15. The minimum atomic E-state index is -1.76. The van der Waals surface area contributed by atoms with E-state index in [0.717, 1.165) is 0 Å². The fraction of sp³-hybridized carbons (Fsp3) is 0.833. The second kappa shape index (κ2) is 12.2. The molecule has 0 fully saturated rings. The van der Waals surface area contributed by atoms with Crippen LogP contribution in [0.5, 0.6) is 0 Å². The zero-order chi connectivity index (χ0) is 13.5. The van der Waals surface area contributed by atoms with Gasteiger partial charge in [-0.15, -0.1) is 0 Å². The maximum atomic E-state index is 10.1. The first-order valence-electron chi connectivity index (χ1n) is 3.70. The van der Waals surface area contributed by atoms with Gasteiger partial charge in [0.05, 0.1) is 6.10 Å². The van der Waals surface area contributed by atoms with Gasteiger partial charge in [-0.2, -0.15) is 0 Å². The summed E-state index contributed by atoms with van der Waals surface area (Å²) in [5.74, 6) is -1.43. The van der Waals surface area contributed by atoms with Gasteiger partial charge in [0.2, 0.25) is 3.79 Å². The van der Waals surface area contributed by atoms with Gasteiger partial charge in [0, 0.05) is 0 Å². The van der Waals surface area contributed by atoms with Crippen LogP contribution in [0.3, 0.4) is 0 Å². The Balaban J connectivity index is -0.000000340. The van der Waals surface area contributed by atoms with E-state index >= 15 is 0 Å². The summed E-state index contributed by atoms with van der Waals surface area (Å²) in [6.07, 6.45) is -2.70. The summed E-state index contributed by atoms with van der Waals surface area (Å²) >= 11 is 31.0. The van der Waals surface area contributed by atoms with Gasteiger partial charge in [-0.3, -0.25) is 0 Å². The summed E-state index contributed by atoms with van der Waals surface area (Å²) in [5.41, 5.74) is 0. The number of carboxylic acid groups (broad SMARTS) is 1. The Labute approximate surface area is 153 Å². The Bertz CT molecular complexity index is 210. The van der Waals surface area contributed by atoms with Crippen LogP contribution in [0, 0.1) is 5.92 Å². The molecule has 17 heavy (non-hydrogen) atoms. The molecule has 0 aliphatic heterocycles. The molecule has 0 aliphatic carbocycles. The van der Waals surface area contributed by atoms with Crippen LogP contribution in [0.1, 0.15) is 13.8 Å². The van der Waals surface area contributed by atoms with Crippen molar-refractivity contribution in [3.63, 3.8) is 0 Å². The number of rotatable bonds is 2. The van der Waals surface area contributed by atoms with Crippen molar-refractivity contribution >= 4 is 80.7 Å². The van der Waals surface area contributed by atoms with Crippen LogP contribution in [0.4, 0.5) is 4.79 Å². The Morgan fingerprint density at radius 3 is 1.59 bits per heavy atom. The second-order valence-electron chi connectivity index (χ2n) is 2.77. The number of halogens is 6. The first-order chi connectivity index (χ1) is 6.98. The van der Waals surface area contributed by atoms with Crippen molar-refractivity contribution in [1.29, 1.82) is 0 Å². The minimum Gasteiger partial charge on any atom is -0.542 e. The van der Waals surface area contributed by atoms with Crippen LogP contribution in [0.2, 0.25) is 0 Å². The van der Waals surface area contributed by atoms with E-state index in [1.54, 1.807) is 13.8 Å². The molecule has 0 N–H and O–H groups in total. The molecule has 11 heteroatoms. The molecule has 0 aromatic heterocycles. The van der Waals surface area contributed by atoms with E-state index in [-0.39, 0.29) is 35.5 Å². The Morgan fingerprint density at radius 1 is 1.24 bits per heavy atom. The van der Waals surface area contributed by atoms with Crippen molar-refractivity contribution in [1.82, 2.24) is 0 Å². The third-order valence-corrected chi connectivity index (χ3v) is 1.80. The number of carbonyl (C=O) groups is 1. The van der Waals surface area contributed by atoms with E-state index < -0.39 is 22.0 Å². The number of alkyl halides is 3. The number of ether oxygens (including phenoxy) is 1. The topological polar surface area (TPSA) is 49.4 Å². The first-order valence-corrected chi connectivity index (χ1v) is 8.89. The molecule has 0 saturated carbocycles. The van der Waals surface area contributed by atoms with Crippen LogP contribution < -0.4 is 34.7 Å². The molecule has 0 amide bonds. The average Bonchev–Trinajstić information content (AvgIpc) is 1.95. The van der Waals surface area contributed by atoms with E-state index in [9.17, 15) is 9.90 Å². The molecule has 0 radical (unpaired) electrons. The summed E-state index contributed by atoms with van der Waals surface area (Å²) in [6, 6.07) is 0. The minimum absolute atomic E-state index is 0. The molecular weight excluding hydrogens is 387 g/mol. The largest absolute Gasteiger partial charge is 1.00 e. The van der Waals surface area contributed by atoms with E-state index in [4.69, 9.17) is 68.5 Å². The molecule has 0 aliphatic rings. The van der Waals surface area contributed by atoms with Crippen molar-refractivity contribution in [2.24, 2.45) is 5.92 Å². The first kappa shape index (κ1) is 24.5. The molecular formula is C6H8Cl6NaO3P. The number of hydrogen-bond acceptors (Lipinski definition) is 3. The molecule has 3 nitrogen and oxygen atoms in total. The number of carbonyl (C=O) groups excluding carboxylic acids is 1. The Morgan fingerprint density at radius 2 is 1.53 bits per heavy atom. The van der Waals surface area contributed by atoms with Gasteiger partial charge >= 0.3 is 29.6 Å². The monoisotopic (exact) mass is 392 g/mol. The third kappa shape index (κ3) is 18.4. The summed E-state index contributed by atoms with van der Waals surface area (Å²) < 4.78 is 2.53. The standard InChI is InChI=1S/C6H9Cl3O3.Cl3P.Na/c1-3(2)4(6(7,8)9)12-5(10)11;1-4(2)3;/h3-4H,1-2H3,(H,10,11);;/q;;+1/p-1. The van der Waals surface area contributed by atoms with Crippen LogP contribution in [-0.4, -0.2) is 16.1 Å². The predicted molar refractivity (Wildman–Crippen MR) is 69.9 cm³/mol. The van der Waals surface area contributed by atoms with Gasteiger partial charge in [0.15, 0.2) is 5.98 Å². The normalized spacial score (nSPS) is 12.4. The van der Waals surface area contributed by atoms with Crippen molar-refractivity contribution in [3.05, 3.63) is 0 Å². The summed E-state index contributed by atoms with van der Waals surface area (Å²) in [4.78, 5) is 10.1. The zero-order valence-corrected chi connectivity index (χ0v) is 16.5. The Hall–Kier alpha value is 2.44. The maximum absolute atomic E-state index is 10.1. The molecule has 0 saturated heterocycles. The molecule has 0 rings (SSSR count). The van der Waals surface area contributed by atoms with E-state index in [1.165, 1.54) is 0 Å². The van der Waals surface area contributed by atoms with Crippen LogP contribution >= 0.6 is 74.5 Å². The van der Waals surface area contributed by atoms with E-state index in [1.807, 2.05) is 0 Å². The van der Waals surface area contributed by atoms with Crippen molar-refractivity contribution in [2.45, 2.75) is 23.7 Å². The molecule has 1 atom stereocenters. The quantitative estimate of drug-likeness (QED) is 0.310. The van der Waals surface area contributed by atoms with Crippen LogP contribution in [0.25, 0.3) is 0 Å². The molecule has 0 spiro atoms. The molecule has 0 aromatic rings. The maximum Gasteiger partial charge on any atom is 1.00 e. The molecule has 0 aromatic carbocycles. The van der Waals surface area contributed by atoms with Gasteiger partial charge in [0.1, 0.15) is 0 Å². The predicted octanol–water partition coefficient (Wildman–Crippen LogP) is 1.67. The second-order valence-corrected chi connectivity index (χ2v) is 10.1. The Kier molecular flexibility index (Phi) is 17.6. The van der Waals surface area contributed by atoms with Gasteiger partial charge in [-0.05, 0) is 5.92 Å². The average molecular weight is 395 g/mol. The molecule has 98 valence electrons. The van der Waals surface area contributed by atoms with Crippen LogP contribution in [-0.2, 0) is 4.74 Å². The zero-order valence-electron chi connectivity index (χ0n) is 9.09. The fourth-order valence-electron chi connectivity index (χ4n) is 0.685. The number of hydrogen-bond donors (Lipinski definition) is 0. The van der Waals surface area contributed by atoms with Gasteiger partial charge in [-0.25, -0.2) is 0 Å². The van der Waals surface area contributed by atoms with E-state index in [0.29, 0.717) is 0 Å². The smallest absolute Gasteiger partial charge is 0.542 e. The van der Waals surface area contributed by atoms with Gasteiger partial charge in [0.25, 0.3) is 6.16 Å². The summed E-state index contributed by atoms with van der Waals surface area (Å²) in [6.45, 7) is 3.35. The summed E-state index contributed by atoms with van der Waals surface area (Å²) in [5, 5.41) is 10.1. The van der Waals surface area contributed by atoms with Gasteiger partial charge in [-0.1, -0.05) is 82.4 Å². The molecule has 0 bridgehead atoms. The van der Waals surface area contributed by atoms with Gasteiger partial charge < -0.3 is 14.6 Å². The van der Waals surface area contributed by atoms with Crippen molar-refractivity contribution < 1.29 is 44.2 Å². The van der Waals surface area contributed by atoms with E-state index in [2.05, 4.69) is 4.74 Å². The van der Waals surface area contributed by atoms with Crippen molar-refractivity contribution in [2.75, 3.05) is 0 Å². The van der Waals surface area contributed by atoms with Crippen LogP contribution in [0.15, 0.2) is 0 Å². The fourth-order valence-corrected chi connectivity index (χ4v) is 1.57. The molecule has 0 heterocycles. The summed E-state index contributed by atoms with van der Waals surface area (Å²) in [7, 11) is 0. The van der Waals surface area contributed by atoms with Crippen molar-refractivity contribution in [3.8, 4) is 0 Å². The SMILES string of the molecule is CC(C)C(OC(=O)[O-])C(Cl)(Cl)Cl.ClP(Cl)Cl.[Na+]. The molecule has 1 unspecified atom stereocenters.